The molecule has 0 aliphatic carbocycles. The number of methoxy groups -OCH3 is 1. The first-order chi connectivity index (χ1) is 8.40. The molecule has 0 saturated heterocycles. The summed E-state index contributed by atoms with van der Waals surface area (Å²) < 4.78 is 9.10. The number of imide groups is 1. The molecule has 0 atom stereocenters. The molecule has 0 bridgehead atoms. The summed E-state index contributed by atoms with van der Waals surface area (Å²) in [6.45, 7) is 5.60. The van der Waals surface area contributed by atoms with Crippen molar-refractivity contribution in [3.8, 4) is 0 Å². The summed E-state index contributed by atoms with van der Waals surface area (Å²) >= 11 is 0. The molecular formula is C11H20N2O5. The first kappa shape index (κ1) is 16.4. The van der Waals surface area contributed by atoms with E-state index in [9.17, 15) is 14.4 Å². The van der Waals surface area contributed by atoms with Crippen molar-refractivity contribution in [2.45, 2.75) is 26.8 Å². The molecule has 18 heavy (non-hydrogen) atoms. The zero-order valence-corrected chi connectivity index (χ0v) is 11.2. The second kappa shape index (κ2) is 8.46. The maximum atomic E-state index is 11.5. The number of esters is 1. The Kier molecular flexibility index (Phi) is 7.69. The number of hydrogen-bond donors (Lipinski definition) is 1. The molecule has 0 aliphatic heterocycles. The maximum absolute atomic E-state index is 11.5. The van der Waals surface area contributed by atoms with Gasteiger partial charge in [0, 0.05) is 6.04 Å². The van der Waals surface area contributed by atoms with Gasteiger partial charge in [-0.1, -0.05) is 0 Å². The molecule has 1 N–H and O–H groups in total. The van der Waals surface area contributed by atoms with Gasteiger partial charge in [0.2, 0.25) is 5.91 Å². The van der Waals surface area contributed by atoms with Crippen molar-refractivity contribution in [2.24, 2.45) is 0 Å². The number of hydrogen-bond acceptors (Lipinski definition) is 6. The van der Waals surface area contributed by atoms with E-state index < -0.39 is 18.0 Å². The fourth-order valence-electron chi connectivity index (χ4n) is 1.18. The smallest absolute Gasteiger partial charge is 0.413 e. The number of amides is 2. The van der Waals surface area contributed by atoms with Crippen molar-refractivity contribution in [3.63, 3.8) is 0 Å². The SMILES string of the molecule is CCOC(=O)CN(CC(=O)NC(=O)OC)C(C)C. The molecule has 0 heterocycles. The van der Waals surface area contributed by atoms with Crippen molar-refractivity contribution >= 4 is 18.0 Å². The molecule has 0 radical (unpaired) electrons. The summed E-state index contributed by atoms with van der Waals surface area (Å²) in [5, 5.41) is 2.03. The highest BCUT2D eigenvalue weighted by atomic mass is 16.5. The van der Waals surface area contributed by atoms with Gasteiger partial charge in [-0.25, -0.2) is 4.79 Å². The lowest BCUT2D eigenvalue weighted by Gasteiger charge is -2.24. The second-order valence-electron chi connectivity index (χ2n) is 3.84. The molecule has 104 valence electrons. The quantitative estimate of drug-likeness (QED) is 0.684. The highest BCUT2D eigenvalue weighted by Crippen LogP contribution is 1.98. The highest BCUT2D eigenvalue weighted by molar-refractivity contribution is 5.93. The van der Waals surface area contributed by atoms with Gasteiger partial charge in [0.05, 0.1) is 26.8 Å². The number of carbonyl (C=O) groups excluding carboxylic acids is 3. The Labute approximate surface area is 106 Å². The van der Waals surface area contributed by atoms with Gasteiger partial charge in [-0.3, -0.25) is 19.8 Å². The molecule has 0 fully saturated rings. The fraction of sp³-hybridized carbons (Fsp3) is 0.727. The first-order valence-electron chi connectivity index (χ1n) is 5.68. The molecule has 0 aromatic rings. The van der Waals surface area contributed by atoms with E-state index >= 15 is 0 Å². The molecule has 0 spiro atoms. The van der Waals surface area contributed by atoms with E-state index in [-0.39, 0.29) is 19.1 Å². The fourth-order valence-corrected chi connectivity index (χ4v) is 1.18. The summed E-state index contributed by atoms with van der Waals surface area (Å²) in [5.41, 5.74) is 0. The van der Waals surface area contributed by atoms with Crippen molar-refractivity contribution in [3.05, 3.63) is 0 Å². The molecule has 0 saturated carbocycles. The number of nitrogens with zero attached hydrogens (tertiary/aromatic N) is 1. The minimum absolute atomic E-state index is 0.0000985. The molecule has 0 aromatic heterocycles. The van der Waals surface area contributed by atoms with Gasteiger partial charge < -0.3 is 9.47 Å². The van der Waals surface area contributed by atoms with Crippen molar-refractivity contribution < 1.29 is 23.9 Å². The molecule has 7 heteroatoms. The van der Waals surface area contributed by atoms with E-state index in [0.717, 1.165) is 0 Å². The van der Waals surface area contributed by atoms with Gasteiger partial charge in [0.25, 0.3) is 0 Å². The number of nitrogens with one attached hydrogen (secondary N) is 1. The van der Waals surface area contributed by atoms with Crippen LogP contribution < -0.4 is 5.32 Å². The van der Waals surface area contributed by atoms with Crippen LogP contribution in [0.5, 0.6) is 0 Å². The average Bonchev–Trinajstić information content (AvgIpc) is 2.27. The molecule has 0 aromatic carbocycles. The normalized spacial score (nSPS) is 10.3. The molecule has 0 rings (SSSR count). The van der Waals surface area contributed by atoms with E-state index in [0.29, 0.717) is 6.61 Å². The number of carbonyl (C=O) groups is 3. The molecule has 0 aliphatic rings. The Morgan fingerprint density at radius 2 is 1.83 bits per heavy atom. The van der Waals surface area contributed by atoms with Crippen LogP contribution >= 0.6 is 0 Å². The predicted octanol–water partition coefficient (Wildman–Crippen LogP) is 0.143. The summed E-state index contributed by atoms with van der Waals surface area (Å²) in [5.74, 6) is -0.933. The number of alkyl carbamates (subject to hydrolysis) is 1. The van der Waals surface area contributed by atoms with E-state index in [2.05, 4.69) is 4.74 Å². The Hall–Kier alpha value is -1.63. The lowest BCUT2D eigenvalue weighted by atomic mass is 10.3. The first-order valence-corrected chi connectivity index (χ1v) is 5.68. The summed E-state index contributed by atoms with van der Waals surface area (Å²) in [6.07, 6.45) is -0.820. The molecule has 0 unspecified atom stereocenters. The minimum atomic E-state index is -0.820. The van der Waals surface area contributed by atoms with Crippen molar-refractivity contribution in [1.82, 2.24) is 10.2 Å². The van der Waals surface area contributed by atoms with Crippen LogP contribution in [0.25, 0.3) is 0 Å². The lowest BCUT2D eigenvalue weighted by molar-refractivity contribution is -0.145. The molecule has 7 nitrogen and oxygen atoms in total. The van der Waals surface area contributed by atoms with Crippen LogP contribution in [0, 0.1) is 0 Å². The third kappa shape index (κ3) is 6.85. The molecular weight excluding hydrogens is 240 g/mol. The van der Waals surface area contributed by atoms with Crippen molar-refractivity contribution in [2.75, 3.05) is 26.8 Å². The average molecular weight is 260 g/mol. The summed E-state index contributed by atoms with van der Waals surface area (Å²) in [7, 11) is 1.17. The van der Waals surface area contributed by atoms with Crippen LogP contribution in [0.3, 0.4) is 0 Å². The van der Waals surface area contributed by atoms with Gasteiger partial charge in [-0.15, -0.1) is 0 Å². The highest BCUT2D eigenvalue weighted by Gasteiger charge is 2.19. The molecule has 2 amide bonds. The zero-order valence-electron chi connectivity index (χ0n) is 11.2. The van der Waals surface area contributed by atoms with Crippen LogP contribution in [-0.4, -0.2) is 55.7 Å². The van der Waals surface area contributed by atoms with Gasteiger partial charge in [-0.2, -0.15) is 0 Å². The van der Waals surface area contributed by atoms with Gasteiger partial charge in [-0.05, 0) is 20.8 Å². The Morgan fingerprint density at radius 1 is 1.22 bits per heavy atom. The van der Waals surface area contributed by atoms with Crippen LogP contribution in [0.15, 0.2) is 0 Å². The third-order valence-corrected chi connectivity index (χ3v) is 2.14. The summed E-state index contributed by atoms with van der Waals surface area (Å²) in [6, 6.07) is -0.0298. The Morgan fingerprint density at radius 3 is 2.28 bits per heavy atom. The van der Waals surface area contributed by atoms with E-state index in [1.165, 1.54) is 7.11 Å². The number of ether oxygens (including phenoxy) is 2. The van der Waals surface area contributed by atoms with Gasteiger partial charge in [0.1, 0.15) is 0 Å². The third-order valence-electron chi connectivity index (χ3n) is 2.14. The summed E-state index contributed by atoms with van der Waals surface area (Å²) in [4.78, 5) is 35.2. The topological polar surface area (TPSA) is 84.9 Å². The second-order valence-corrected chi connectivity index (χ2v) is 3.84. The van der Waals surface area contributed by atoms with Crippen LogP contribution in [-0.2, 0) is 19.1 Å². The predicted molar refractivity (Wildman–Crippen MR) is 63.9 cm³/mol. The van der Waals surface area contributed by atoms with Gasteiger partial charge >= 0.3 is 12.1 Å². The zero-order chi connectivity index (χ0) is 14.1. The monoisotopic (exact) mass is 260 g/mol. The Bertz CT molecular complexity index is 304. The van der Waals surface area contributed by atoms with Crippen molar-refractivity contribution in [1.29, 1.82) is 0 Å². The van der Waals surface area contributed by atoms with E-state index in [4.69, 9.17) is 4.74 Å². The lowest BCUT2D eigenvalue weighted by Crippen LogP contribution is -2.45. The van der Waals surface area contributed by atoms with Crippen LogP contribution in [0.1, 0.15) is 20.8 Å². The minimum Gasteiger partial charge on any atom is -0.465 e. The van der Waals surface area contributed by atoms with E-state index in [1.807, 2.05) is 19.2 Å². The maximum Gasteiger partial charge on any atom is 0.413 e. The number of rotatable bonds is 6. The van der Waals surface area contributed by atoms with Gasteiger partial charge in [0.15, 0.2) is 0 Å². The van der Waals surface area contributed by atoms with E-state index in [1.54, 1.807) is 11.8 Å². The Balaban J connectivity index is 4.31. The largest absolute Gasteiger partial charge is 0.465 e. The van der Waals surface area contributed by atoms with Crippen LogP contribution in [0.4, 0.5) is 4.79 Å². The standard InChI is InChI=1S/C11H20N2O5/c1-5-18-10(15)7-13(8(2)3)6-9(14)12-11(16)17-4/h8H,5-7H2,1-4H3,(H,12,14,16). The van der Waals surface area contributed by atoms with Crippen LogP contribution in [0.2, 0.25) is 0 Å².